The Morgan fingerprint density at radius 3 is 1.13 bits per heavy atom. The molecule has 25 heteroatoms. The highest BCUT2D eigenvalue weighted by atomic mass is 79.9. The molecule has 22 nitrogen and oxygen atoms in total. The maximum Gasteiger partial charge on any atom is 0.251 e. The lowest BCUT2D eigenvalue weighted by Gasteiger charge is -2.29. The van der Waals surface area contributed by atoms with Crippen molar-refractivity contribution in [2.45, 2.75) is 19.3 Å². The number of rotatable bonds is 17. The lowest BCUT2D eigenvalue weighted by atomic mass is 9.99. The van der Waals surface area contributed by atoms with Gasteiger partial charge in [0.15, 0.2) is 19.7 Å². The van der Waals surface area contributed by atoms with Gasteiger partial charge in [0.25, 0.3) is 17.7 Å². The van der Waals surface area contributed by atoms with Crippen molar-refractivity contribution in [1.29, 1.82) is 0 Å². The first kappa shape index (κ1) is 67.5. The summed E-state index contributed by atoms with van der Waals surface area (Å²) in [5.74, 6) is 2.30. The van der Waals surface area contributed by atoms with Gasteiger partial charge in [-0.1, -0.05) is 54.6 Å². The van der Waals surface area contributed by atoms with E-state index < -0.39 is 19.7 Å². The average Bonchev–Trinajstić information content (AvgIpc) is 0.930. The number of nitrogens with zero attached hydrogens (tertiary/aromatic N) is 8. The fourth-order valence-corrected chi connectivity index (χ4v) is 13.0. The van der Waals surface area contributed by atoms with Gasteiger partial charge in [0, 0.05) is 106 Å². The molecule has 2 aliphatic heterocycles. The predicted molar refractivity (Wildman–Crippen MR) is 361 cm³/mol. The number of pyridine rings is 3. The highest BCUT2D eigenvalue weighted by molar-refractivity contribution is 9.10. The summed E-state index contributed by atoms with van der Waals surface area (Å²) in [6.45, 7) is 24.1. The van der Waals surface area contributed by atoms with Crippen LogP contribution in [0.5, 0.6) is 11.5 Å². The topological polar surface area (TPSA) is 256 Å². The van der Waals surface area contributed by atoms with E-state index in [1.165, 1.54) is 18.6 Å². The maximum absolute atomic E-state index is 12.3. The summed E-state index contributed by atoms with van der Waals surface area (Å²) in [6.07, 6.45) is 5.88. The highest BCUT2D eigenvalue weighted by Gasteiger charge is 2.25. The molecule has 0 saturated carbocycles. The van der Waals surface area contributed by atoms with E-state index in [9.17, 15) is 31.2 Å². The molecule has 0 atom stereocenters. The van der Waals surface area contributed by atoms with Crippen molar-refractivity contribution >= 4 is 105 Å². The van der Waals surface area contributed by atoms with Gasteiger partial charge < -0.3 is 45.9 Å². The number of carbonyl (C=O) groups is 3. The average molecular weight is 1340 g/mol. The number of amides is 3. The number of ether oxygens (including phenoxy) is 2. The molecule has 0 aliphatic carbocycles. The number of hydrogen-bond acceptors (Lipinski definition) is 16. The summed E-state index contributed by atoms with van der Waals surface area (Å²) in [7, 11) is 1.99. The van der Waals surface area contributed by atoms with Crippen LogP contribution in [-0.2, 0) is 38.9 Å². The van der Waals surface area contributed by atoms with Crippen LogP contribution in [0.3, 0.4) is 0 Å². The maximum atomic E-state index is 12.3. The second-order valence-electron chi connectivity index (χ2n) is 20.9. The molecule has 0 unspecified atom stereocenters. The summed E-state index contributed by atoms with van der Waals surface area (Å²) in [5.41, 5.74) is 11.0. The Kier molecular flexibility index (Phi) is 23.0. The molecule has 3 aromatic heterocycles. The summed E-state index contributed by atoms with van der Waals surface area (Å²) < 4.78 is 58.9. The van der Waals surface area contributed by atoms with Crippen molar-refractivity contribution in [2.24, 2.45) is 0 Å². The Bertz CT molecular complexity index is 4170. The van der Waals surface area contributed by atoms with Crippen LogP contribution in [0.2, 0.25) is 0 Å². The number of halogens is 1. The molecule has 5 aromatic carbocycles. The van der Waals surface area contributed by atoms with Gasteiger partial charge in [-0.3, -0.25) is 29.3 Å². The molecule has 8 aromatic rings. The van der Waals surface area contributed by atoms with Gasteiger partial charge in [-0.25, -0.2) is 31.4 Å². The SMILES string of the molecule is [C-]#[N+]c1cnc(Br)cc1Cc1ccccc1C(=O)NC.[C-]#[N+]c1cnc(Nc2ccc(N3CCS(=O)(=O)CC3)cc2OC)cc1Cc1ccccc1C(=O)NC.[C-]#[N+]c1cnc(Nc2ccc(N3CCS(=O)(=O)CC3)cc2OC)cc1Cc1ccccc1C(=O)NC. The fourth-order valence-electron chi connectivity index (χ4n) is 10.2. The lowest BCUT2D eigenvalue weighted by Crippen LogP contribution is -2.40. The Balaban J connectivity index is 0.000000185. The van der Waals surface area contributed by atoms with Crippen LogP contribution in [0.25, 0.3) is 14.5 Å². The minimum absolute atomic E-state index is 0.127. The number of anilines is 6. The molecule has 2 aliphatic rings. The van der Waals surface area contributed by atoms with E-state index in [0.717, 1.165) is 44.8 Å². The second kappa shape index (κ2) is 31.4. The van der Waals surface area contributed by atoms with Crippen LogP contribution in [0.4, 0.5) is 51.4 Å². The number of sulfone groups is 2. The van der Waals surface area contributed by atoms with Crippen molar-refractivity contribution in [2.75, 3.05) is 105 Å². The summed E-state index contributed by atoms with van der Waals surface area (Å²) in [4.78, 5) is 64.0. The van der Waals surface area contributed by atoms with Gasteiger partial charge in [-0.2, -0.15) is 0 Å². The zero-order valence-corrected chi connectivity index (χ0v) is 54.3. The molecular formula is C67H66BrN13O9S2. The Morgan fingerprint density at radius 1 is 0.478 bits per heavy atom. The molecule has 472 valence electrons. The molecule has 92 heavy (non-hydrogen) atoms. The molecule has 3 amide bonds. The first-order valence-electron chi connectivity index (χ1n) is 28.8. The Morgan fingerprint density at radius 2 is 0.804 bits per heavy atom. The summed E-state index contributed by atoms with van der Waals surface area (Å²) >= 11 is 3.31. The first-order valence-corrected chi connectivity index (χ1v) is 33.2. The zero-order chi connectivity index (χ0) is 66.0. The van der Waals surface area contributed by atoms with Crippen LogP contribution in [0, 0.1) is 19.7 Å². The molecule has 2 saturated heterocycles. The molecule has 0 spiro atoms. The highest BCUT2D eigenvalue weighted by Crippen LogP contribution is 2.36. The predicted octanol–water partition coefficient (Wildman–Crippen LogP) is 10.5. The minimum Gasteiger partial charge on any atom is -0.494 e. The van der Waals surface area contributed by atoms with Crippen molar-refractivity contribution < 1.29 is 40.7 Å². The van der Waals surface area contributed by atoms with Crippen LogP contribution < -0.4 is 45.9 Å². The molecule has 0 bridgehead atoms. The minimum atomic E-state index is -2.97. The largest absolute Gasteiger partial charge is 0.494 e. The van der Waals surface area contributed by atoms with Gasteiger partial charge in [-0.15, -0.1) is 0 Å². The third kappa shape index (κ3) is 17.5. The second-order valence-corrected chi connectivity index (χ2v) is 26.3. The van der Waals surface area contributed by atoms with E-state index in [1.807, 2.05) is 107 Å². The van der Waals surface area contributed by atoms with E-state index in [1.54, 1.807) is 65.7 Å². The van der Waals surface area contributed by atoms with Crippen molar-refractivity contribution in [3.8, 4) is 11.5 Å². The zero-order valence-electron chi connectivity index (χ0n) is 51.1. The van der Waals surface area contributed by atoms with Crippen LogP contribution >= 0.6 is 15.9 Å². The van der Waals surface area contributed by atoms with Gasteiger partial charge in [-0.05, 0) is 129 Å². The Labute approximate surface area is 543 Å². The molecule has 5 N–H and O–H groups in total. The van der Waals surface area contributed by atoms with Crippen LogP contribution in [-0.4, -0.2) is 134 Å². The lowest BCUT2D eigenvalue weighted by molar-refractivity contribution is 0.0954. The third-order valence-electron chi connectivity index (χ3n) is 15.2. The number of nitrogens with one attached hydrogen (secondary N) is 5. The summed E-state index contributed by atoms with van der Waals surface area (Å²) in [6, 6.07) is 38.7. The van der Waals surface area contributed by atoms with Crippen molar-refractivity contribution in [3.05, 3.63) is 235 Å². The van der Waals surface area contributed by atoms with Crippen LogP contribution in [0.15, 0.2) is 151 Å². The molecule has 5 heterocycles. The quantitative estimate of drug-likeness (QED) is 0.0420. The number of benzene rings is 5. The van der Waals surface area contributed by atoms with Crippen LogP contribution in [0.1, 0.15) is 64.5 Å². The standard InChI is InChI=1S/2C26H27N5O4S.C15H12BrN3O/c2*1-27-23-17-29-25(15-19(23)14-18-6-4-5-7-21(18)26(32)28-2)30-22-9-8-20(16-24(22)35-3)31-10-12-36(33,34)13-11-31;1-17-13-9-19-14(16)8-11(13)7-10-5-3-4-6-12(10)15(20)18-2/h2*4-9,15-17H,10-14H2,2-3H3,(H,28,32)(H,29,30);3-6,8-9H,7H2,2H3,(H,18,20). The molecular weight excluding hydrogens is 1270 g/mol. The van der Waals surface area contributed by atoms with E-state index in [4.69, 9.17) is 29.2 Å². The number of carbonyl (C=O) groups excluding carboxylic acids is 3. The van der Waals surface area contributed by atoms with Crippen molar-refractivity contribution in [1.82, 2.24) is 30.9 Å². The number of hydrogen-bond donors (Lipinski definition) is 5. The van der Waals surface area contributed by atoms with E-state index in [2.05, 4.69) is 72.0 Å². The first-order chi connectivity index (χ1) is 44.3. The molecule has 0 radical (unpaired) electrons. The van der Waals surface area contributed by atoms with Crippen molar-refractivity contribution in [3.63, 3.8) is 0 Å². The van der Waals surface area contributed by atoms with E-state index in [-0.39, 0.29) is 40.7 Å². The number of methoxy groups -OCH3 is 2. The Hall–Kier alpha value is -10.4. The monoisotopic (exact) mass is 1340 g/mol. The van der Waals surface area contributed by atoms with E-state index in [0.29, 0.717) is 118 Å². The summed E-state index contributed by atoms with van der Waals surface area (Å²) in [5, 5.41) is 14.5. The van der Waals surface area contributed by atoms with Gasteiger partial charge in [0.2, 0.25) is 17.1 Å². The van der Waals surface area contributed by atoms with E-state index >= 15 is 0 Å². The molecule has 10 rings (SSSR count). The normalized spacial score (nSPS) is 13.5. The van der Waals surface area contributed by atoms with Gasteiger partial charge >= 0.3 is 0 Å². The van der Waals surface area contributed by atoms with Gasteiger partial charge in [0.05, 0.1) is 68.3 Å². The third-order valence-corrected chi connectivity index (χ3v) is 18.8. The van der Waals surface area contributed by atoms with Gasteiger partial charge in [0.1, 0.15) is 27.7 Å². The fraction of sp³-hybridized carbons (Fsp3) is 0.239. The molecule has 2 fully saturated rings. The number of aromatic nitrogens is 3. The smallest absolute Gasteiger partial charge is 0.251 e.